The molecule has 2 rings (SSSR count). The van der Waals surface area contributed by atoms with Gasteiger partial charge in [0.05, 0.1) is 22.9 Å². The van der Waals surface area contributed by atoms with Crippen molar-refractivity contribution in [2.75, 3.05) is 4.90 Å². The Morgan fingerprint density at radius 1 is 1.50 bits per heavy atom. The zero-order valence-corrected chi connectivity index (χ0v) is 10.6. The number of phenolic OH excluding ortho intramolecular Hbond substituents is 1. The molecule has 0 aliphatic rings. The van der Waals surface area contributed by atoms with Gasteiger partial charge in [0.15, 0.2) is 0 Å². The van der Waals surface area contributed by atoms with Crippen molar-refractivity contribution in [3.05, 3.63) is 45.7 Å². The van der Waals surface area contributed by atoms with Gasteiger partial charge in [0.1, 0.15) is 10.8 Å². The summed E-state index contributed by atoms with van der Waals surface area (Å²) in [6.07, 6.45) is 1.30. The van der Waals surface area contributed by atoms with Crippen molar-refractivity contribution in [2.45, 2.75) is 0 Å². The van der Waals surface area contributed by atoms with E-state index in [2.05, 4.69) is 0 Å². The number of amides is 2. The number of nitrogens with zero attached hydrogens (tertiary/aromatic N) is 2. The van der Waals surface area contributed by atoms with E-state index < -0.39 is 22.4 Å². The molecule has 0 fully saturated rings. The van der Waals surface area contributed by atoms with Gasteiger partial charge in [0.2, 0.25) is 5.88 Å². The normalized spacial score (nSPS) is 10.2. The van der Waals surface area contributed by atoms with E-state index in [4.69, 9.17) is 21.8 Å². The smallest absolute Gasteiger partial charge is 0.326 e. The van der Waals surface area contributed by atoms with Gasteiger partial charge in [-0.05, 0) is 12.1 Å². The zero-order chi connectivity index (χ0) is 14.9. The maximum atomic E-state index is 11.5. The molecule has 20 heavy (non-hydrogen) atoms. The van der Waals surface area contributed by atoms with Crippen LogP contribution in [0.2, 0.25) is 5.02 Å². The van der Waals surface area contributed by atoms with Crippen LogP contribution in [0.4, 0.5) is 22.1 Å². The number of rotatable bonds is 3. The van der Waals surface area contributed by atoms with Gasteiger partial charge >= 0.3 is 6.03 Å². The fourth-order valence-electron chi connectivity index (χ4n) is 1.60. The third kappa shape index (κ3) is 2.36. The predicted octanol–water partition coefficient (Wildman–Crippen LogP) is 2.76. The summed E-state index contributed by atoms with van der Waals surface area (Å²) in [4.78, 5) is 22.3. The van der Waals surface area contributed by atoms with Crippen molar-refractivity contribution in [1.29, 1.82) is 0 Å². The first kappa shape index (κ1) is 13.7. The monoisotopic (exact) mass is 297 g/mol. The molecule has 0 atom stereocenters. The average molecular weight is 298 g/mol. The Balaban J connectivity index is 2.58. The lowest BCUT2D eigenvalue weighted by Crippen LogP contribution is -2.31. The minimum absolute atomic E-state index is 0.0396. The van der Waals surface area contributed by atoms with E-state index in [-0.39, 0.29) is 16.6 Å². The number of anilines is 2. The number of nitro groups is 1. The van der Waals surface area contributed by atoms with Crippen LogP contribution in [0, 0.1) is 10.1 Å². The number of phenols is 1. The summed E-state index contributed by atoms with van der Waals surface area (Å²) in [7, 11) is 0. The van der Waals surface area contributed by atoms with E-state index in [1.807, 2.05) is 0 Å². The van der Waals surface area contributed by atoms with E-state index in [9.17, 15) is 20.0 Å². The quantitative estimate of drug-likeness (QED) is 0.666. The van der Waals surface area contributed by atoms with Gasteiger partial charge in [-0.15, -0.1) is 0 Å². The molecule has 1 aromatic carbocycles. The first-order chi connectivity index (χ1) is 9.41. The van der Waals surface area contributed by atoms with Gasteiger partial charge in [-0.1, -0.05) is 11.6 Å². The molecule has 9 heteroatoms. The van der Waals surface area contributed by atoms with E-state index in [0.29, 0.717) is 0 Å². The van der Waals surface area contributed by atoms with Crippen LogP contribution >= 0.6 is 11.6 Å². The minimum Gasteiger partial charge on any atom is -0.505 e. The Morgan fingerprint density at radius 2 is 2.20 bits per heavy atom. The van der Waals surface area contributed by atoms with Crippen LogP contribution in [-0.2, 0) is 0 Å². The molecule has 104 valence electrons. The van der Waals surface area contributed by atoms with Crippen LogP contribution < -0.4 is 10.6 Å². The van der Waals surface area contributed by atoms with Gasteiger partial charge in [-0.2, -0.15) is 0 Å². The van der Waals surface area contributed by atoms with E-state index in [1.165, 1.54) is 18.4 Å². The predicted molar refractivity (Wildman–Crippen MR) is 70.2 cm³/mol. The Hall–Kier alpha value is -2.74. The largest absolute Gasteiger partial charge is 0.505 e. The number of hydrogen-bond acceptors (Lipinski definition) is 5. The molecule has 2 aromatic rings. The zero-order valence-electron chi connectivity index (χ0n) is 9.82. The molecule has 8 nitrogen and oxygen atoms in total. The number of furan rings is 1. The minimum atomic E-state index is -0.944. The van der Waals surface area contributed by atoms with Crippen LogP contribution in [0.3, 0.4) is 0 Å². The number of carbonyl (C=O) groups excluding carboxylic acids is 1. The van der Waals surface area contributed by atoms with Crippen LogP contribution in [-0.4, -0.2) is 16.1 Å². The topological polar surface area (TPSA) is 123 Å². The lowest BCUT2D eigenvalue weighted by atomic mass is 10.2. The van der Waals surface area contributed by atoms with Gasteiger partial charge in [0, 0.05) is 6.07 Å². The van der Waals surface area contributed by atoms with Crippen molar-refractivity contribution in [3.8, 4) is 5.75 Å². The highest BCUT2D eigenvalue weighted by molar-refractivity contribution is 6.33. The van der Waals surface area contributed by atoms with Gasteiger partial charge in [-0.25, -0.2) is 9.69 Å². The molecule has 0 unspecified atom stereocenters. The Labute approximate surface area is 117 Å². The molecule has 0 spiro atoms. The number of carbonyl (C=O) groups is 1. The molecule has 0 saturated heterocycles. The molecule has 0 radical (unpaired) electrons. The maximum Gasteiger partial charge on any atom is 0.326 e. The van der Waals surface area contributed by atoms with Crippen molar-refractivity contribution >= 4 is 34.9 Å². The number of nitrogens with two attached hydrogens (primary N) is 1. The van der Waals surface area contributed by atoms with Gasteiger partial charge in [-0.3, -0.25) is 10.1 Å². The average Bonchev–Trinajstić information content (AvgIpc) is 2.86. The van der Waals surface area contributed by atoms with Crippen molar-refractivity contribution in [1.82, 2.24) is 0 Å². The molecule has 3 N–H and O–H groups in total. The van der Waals surface area contributed by atoms with Crippen molar-refractivity contribution in [3.63, 3.8) is 0 Å². The number of aromatic hydroxyl groups is 1. The first-order valence-corrected chi connectivity index (χ1v) is 5.59. The molecular weight excluding hydrogens is 290 g/mol. The van der Waals surface area contributed by atoms with Gasteiger partial charge < -0.3 is 15.3 Å². The number of hydrogen-bond donors (Lipinski definition) is 2. The summed E-state index contributed by atoms with van der Waals surface area (Å²) in [6.45, 7) is 0. The van der Waals surface area contributed by atoms with Crippen molar-refractivity contribution < 1.29 is 19.2 Å². The van der Waals surface area contributed by atoms with Crippen LogP contribution in [0.15, 0.2) is 34.9 Å². The summed E-state index contributed by atoms with van der Waals surface area (Å²) in [5.74, 6) is -0.492. The molecular formula is C11H8ClN3O5. The molecule has 1 aromatic heterocycles. The van der Waals surface area contributed by atoms with E-state index in [1.54, 1.807) is 0 Å². The van der Waals surface area contributed by atoms with Crippen molar-refractivity contribution in [2.24, 2.45) is 5.73 Å². The van der Waals surface area contributed by atoms with Crippen LogP contribution in [0.25, 0.3) is 0 Å². The van der Waals surface area contributed by atoms with E-state index >= 15 is 0 Å². The second-order valence-electron chi connectivity index (χ2n) is 3.67. The maximum absolute atomic E-state index is 11.5. The SMILES string of the molecule is NC(=O)N(c1ccco1)c1cc(Cl)c([N+](=O)[O-])cc1O. The number of halogens is 1. The fraction of sp³-hybridized carbons (Fsp3) is 0. The summed E-state index contributed by atoms with van der Waals surface area (Å²) >= 11 is 5.74. The number of nitro benzene ring substituents is 1. The standard InChI is InChI=1S/C11H8ClN3O5/c12-6-4-8(9(16)5-7(6)15(18)19)14(11(13)17)10-2-1-3-20-10/h1-5,16H,(H2,13,17). The first-order valence-electron chi connectivity index (χ1n) is 5.21. The third-order valence-electron chi connectivity index (χ3n) is 2.43. The second kappa shape index (κ2) is 5.10. The molecule has 0 saturated carbocycles. The highest BCUT2D eigenvalue weighted by Gasteiger charge is 2.25. The molecule has 0 aliphatic carbocycles. The Kier molecular flexibility index (Phi) is 3.49. The Bertz CT molecular complexity index is 671. The summed E-state index contributed by atoms with van der Waals surface area (Å²) in [5, 5.41) is 20.3. The molecule has 2 amide bonds. The highest BCUT2D eigenvalue weighted by atomic mass is 35.5. The second-order valence-corrected chi connectivity index (χ2v) is 4.08. The summed E-state index contributed by atoms with van der Waals surface area (Å²) < 4.78 is 5.02. The Morgan fingerprint density at radius 3 is 2.70 bits per heavy atom. The third-order valence-corrected chi connectivity index (χ3v) is 2.73. The molecule has 1 heterocycles. The lowest BCUT2D eigenvalue weighted by molar-refractivity contribution is -0.384. The fourth-order valence-corrected chi connectivity index (χ4v) is 1.83. The van der Waals surface area contributed by atoms with Gasteiger partial charge in [0.25, 0.3) is 5.69 Å². The lowest BCUT2D eigenvalue weighted by Gasteiger charge is -2.18. The number of primary amides is 1. The number of benzene rings is 1. The molecule has 0 bridgehead atoms. The number of urea groups is 1. The van der Waals surface area contributed by atoms with E-state index in [0.717, 1.165) is 17.0 Å². The highest BCUT2D eigenvalue weighted by Crippen LogP contribution is 2.39. The summed E-state index contributed by atoms with van der Waals surface area (Å²) in [5.41, 5.74) is 4.60. The van der Waals surface area contributed by atoms with Crippen LogP contribution in [0.5, 0.6) is 5.75 Å². The summed E-state index contributed by atoms with van der Waals surface area (Å²) in [6, 6.07) is 3.88. The van der Waals surface area contributed by atoms with Crippen LogP contribution in [0.1, 0.15) is 0 Å². The molecule has 0 aliphatic heterocycles.